The molecule has 0 aliphatic carbocycles. The normalized spacial score (nSPS) is 11.4. The van der Waals surface area contributed by atoms with E-state index in [0.717, 1.165) is 12.3 Å². The van der Waals surface area contributed by atoms with Crippen LogP contribution in [-0.2, 0) is 10.9 Å². The van der Waals surface area contributed by atoms with Gasteiger partial charge in [-0.15, -0.1) is 0 Å². The molecule has 33 heavy (non-hydrogen) atoms. The zero-order valence-corrected chi connectivity index (χ0v) is 17.4. The van der Waals surface area contributed by atoms with Crippen molar-refractivity contribution < 1.29 is 32.2 Å². The molecule has 2 heterocycles. The molecular weight excluding hydrogens is 439 g/mol. The van der Waals surface area contributed by atoms with Crippen molar-refractivity contribution in [1.29, 1.82) is 0 Å². The van der Waals surface area contributed by atoms with Gasteiger partial charge in [-0.25, -0.2) is 14.3 Å². The average molecular weight is 457 g/mol. The summed E-state index contributed by atoms with van der Waals surface area (Å²) in [7, 11) is 1.40. The number of benzene rings is 2. The molecule has 2 aromatic carbocycles. The highest BCUT2D eigenvalue weighted by molar-refractivity contribution is 5.96. The highest BCUT2D eigenvalue weighted by Crippen LogP contribution is 2.35. The number of methoxy groups -OCH3 is 1. The van der Waals surface area contributed by atoms with Crippen LogP contribution in [0.1, 0.15) is 16.1 Å². The second kappa shape index (κ2) is 9.19. The van der Waals surface area contributed by atoms with Crippen LogP contribution >= 0.6 is 0 Å². The molecule has 0 fully saturated rings. The van der Waals surface area contributed by atoms with Crippen molar-refractivity contribution in [3.05, 3.63) is 78.1 Å². The third-order valence-corrected chi connectivity index (χ3v) is 4.69. The summed E-state index contributed by atoms with van der Waals surface area (Å²) < 4.78 is 57.7. The zero-order chi connectivity index (χ0) is 23.4. The first kappa shape index (κ1) is 22.1. The Balaban J connectivity index is 1.64. The topological polar surface area (TPSA) is 75.0 Å². The van der Waals surface area contributed by atoms with Crippen molar-refractivity contribution in [2.75, 3.05) is 20.3 Å². The first-order valence-corrected chi connectivity index (χ1v) is 9.83. The van der Waals surface area contributed by atoms with Gasteiger partial charge in [-0.1, -0.05) is 30.3 Å². The van der Waals surface area contributed by atoms with E-state index < -0.39 is 17.8 Å². The lowest BCUT2D eigenvalue weighted by atomic mass is 10.1. The van der Waals surface area contributed by atoms with Gasteiger partial charge in [-0.3, -0.25) is 0 Å². The molecular formula is C23H18F3N3O4. The SMILES string of the molecule is COc1ccccc1-c1cc(C(F)(F)F)n2ncc(C(=O)OCCOc3ccccc3)c2n1. The van der Waals surface area contributed by atoms with Gasteiger partial charge in [-0.05, 0) is 30.3 Å². The fraction of sp³-hybridized carbons (Fsp3) is 0.174. The predicted octanol–water partition coefficient (Wildman–Crippen LogP) is 4.66. The fourth-order valence-corrected chi connectivity index (χ4v) is 3.19. The van der Waals surface area contributed by atoms with Crippen LogP contribution in [0.25, 0.3) is 16.9 Å². The molecule has 10 heteroatoms. The van der Waals surface area contributed by atoms with E-state index in [1.807, 2.05) is 6.07 Å². The van der Waals surface area contributed by atoms with Crippen LogP contribution < -0.4 is 9.47 Å². The first-order chi connectivity index (χ1) is 15.9. The molecule has 7 nitrogen and oxygen atoms in total. The lowest BCUT2D eigenvalue weighted by Crippen LogP contribution is -2.15. The third kappa shape index (κ3) is 4.74. The molecule has 2 aromatic heterocycles. The number of carbonyl (C=O) groups excluding carboxylic acids is 1. The maximum Gasteiger partial charge on any atom is 0.433 e. The number of halogens is 3. The van der Waals surface area contributed by atoms with Gasteiger partial charge in [0.2, 0.25) is 0 Å². The number of nitrogens with zero attached hydrogens (tertiary/aromatic N) is 3. The number of rotatable bonds is 7. The minimum absolute atomic E-state index is 0.0192. The highest BCUT2D eigenvalue weighted by atomic mass is 19.4. The maximum atomic E-state index is 13.8. The molecule has 0 amide bonds. The molecule has 4 aromatic rings. The number of alkyl halides is 3. The van der Waals surface area contributed by atoms with E-state index in [9.17, 15) is 18.0 Å². The Hall–Kier alpha value is -4.08. The minimum Gasteiger partial charge on any atom is -0.496 e. The molecule has 0 atom stereocenters. The van der Waals surface area contributed by atoms with Crippen molar-refractivity contribution in [2.24, 2.45) is 0 Å². The molecule has 0 bridgehead atoms. The summed E-state index contributed by atoms with van der Waals surface area (Å²) in [6.45, 7) is -0.0357. The number of esters is 1. The lowest BCUT2D eigenvalue weighted by molar-refractivity contribution is -0.142. The van der Waals surface area contributed by atoms with Crippen LogP contribution in [0.3, 0.4) is 0 Å². The van der Waals surface area contributed by atoms with Gasteiger partial charge in [0.05, 0.1) is 19.0 Å². The summed E-state index contributed by atoms with van der Waals surface area (Å²) >= 11 is 0. The van der Waals surface area contributed by atoms with Gasteiger partial charge in [0.25, 0.3) is 0 Å². The Morgan fingerprint density at radius 2 is 1.76 bits per heavy atom. The van der Waals surface area contributed by atoms with Gasteiger partial charge in [0.1, 0.15) is 30.3 Å². The minimum atomic E-state index is -4.74. The van der Waals surface area contributed by atoms with Crippen molar-refractivity contribution in [1.82, 2.24) is 14.6 Å². The quantitative estimate of drug-likeness (QED) is 0.297. The van der Waals surface area contributed by atoms with Crippen LogP contribution in [0.15, 0.2) is 66.9 Å². The molecule has 0 aliphatic rings. The number of fused-ring (bicyclic) bond motifs is 1. The smallest absolute Gasteiger partial charge is 0.433 e. The molecule has 0 N–H and O–H groups in total. The largest absolute Gasteiger partial charge is 0.496 e. The number of para-hydroxylation sites is 2. The second-order valence-electron chi connectivity index (χ2n) is 6.82. The molecule has 0 spiro atoms. The zero-order valence-electron chi connectivity index (χ0n) is 17.4. The summed E-state index contributed by atoms with van der Waals surface area (Å²) in [5, 5.41) is 3.73. The van der Waals surface area contributed by atoms with E-state index in [-0.39, 0.29) is 30.1 Å². The number of carbonyl (C=O) groups is 1. The van der Waals surface area contributed by atoms with E-state index in [0.29, 0.717) is 21.6 Å². The van der Waals surface area contributed by atoms with Gasteiger partial charge in [-0.2, -0.15) is 18.3 Å². The van der Waals surface area contributed by atoms with Gasteiger partial charge in [0, 0.05) is 5.56 Å². The number of aromatic nitrogens is 3. The number of ether oxygens (including phenoxy) is 3. The maximum absolute atomic E-state index is 13.8. The summed E-state index contributed by atoms with van der Waals surface area (Å²) in [6.07, 6.45) is -3.74. The molecule has 0 unspecified atom stereocenters. The van der Waals surface area contributed by atoms with Crippen LogP contribution in [0, 0.1) is 0 Å². The van der Waals surface area contributed by atoms with Crippen LogP contribution in [0.2, 0.25) is 0 Å². The van der Waals surface area contributed by atoms with Gasteiger partial charge < -0.3 is 14.2 Å². The fourth-order valence-electron chi connectivity index (χ4n) is 3.19. The van der Waals surface area contributed by atoms with Crippen molar-refractivity contribution in [3.63, 3.8) is 0 Å². The molecule has 0 aliphatic heterocycles. The molecule has 4 rings (SSSR count). The summed E-state index contributed by atoms with van der Waals surface area (Å²) in [5.41, 5.74) is -1.24. The van der Waals surface area contributed by atoms with E-state index in [2.05, 4.69) is 10.1 Å². The Kier molecular flexibility index (Phi) is 6.16. The molecule has 0 radical (unpaired) electrons. The lowest BCUT2D eigenvalue weighted by Gasteiger charge is -2.13. The Labute approximate surface area is 186 Å². The summed E-state index contributed by atoms with van der Waals surface area (Å²) in [6, 6.07) is 16.3. The van der Waals surface area contributed by atoms with E-state index in [1.165, 1.54) is 7.11 Å². The number of hydrogen-bond acceptors (Lipinski definition) is 6. The molecule has 0 saturated carbocycles. The number of hydrogen-bond donors (Lipinski definition) is 0. The third-order valence-electron chi connectivity index (χ3n) is 4.69. The van der Waals surface area contributed by atoms with Crippen LogP contribution in [0.5, 0.6) is 11.5 Å². The van der Waals surface area contributed by atoms with E-state index >= 15 is 0 Å². The van der Waals surface area contributed by atoms with Crippen molar-refractivity contribution >= 4 is 11.6 Å². The Morgan fingerprint density at radius 1 is 1.03 bits per heavy atom. The van der Waals surface area contributed by atoms with E-state index in [1.54, 1.807) is 48.5 Å². The van der Waals surface area contributed by atoms with Gasteiger partial charge in [0.15, 0.2) is 11.3 Å². The van der Waals surface area contributed by atoms with Gasteiger partial charge >= 0.3 is 12.1 Å². The average Bonchev–Trinajstić information content (AvgIpc) is 3.25. The van der Waals surface area contributed by atoms with Crippen LogP contribution in [-0.4, -0.2) is 40.9 Å². The summed E-state index contributed by atoms with van der Waals surface area (Å²) in [5.74, 6) is 0.0751. The molecule has 0 saturated heterocycles. The predicted molar refractivity (Wildman–Crippen MR) is 112 cm³/mol. The van der Waals surface area contributed by atoms with Crippen molar-refractivity contribution in [3.8, 4) is 22.8 Å². The van der Waals surface area contributed by atoms with Crippen molar-refractivity contribution in [2.45, 2.75) is 6.18 Å². The highest BCUT2D eigenvalue weighted by Gasteiger charge is 2.36. The van der Waals surface area contributed by atoms with Crippen LogP contribution in [0.4, 0.5) is 13.2 Å². The molecule has 170 valence electrons. The van der Waals surface area contributed by atoms with E-state index in [4.69, 9.17) is 14.2 Å². The monoisotopic (exact) mass is 457 g/mol. The Morgan fingerprint density at radius 3 is 2.48 bits per heavy atom. The summed E-state index contributed by atoms with van der Waals surface area (Å²) in [4.78, 5) is 16.9. The first-order valence-electron chi connectivity index (χ1n) is 9.83. The second-order valence-corrected chi connectivity index (χ2v) is 6.82. The standard InChI is InChI=1S/C23H18F3N3O4/c1-31-19-10-6-5-9-16(19)18-13-20(23(24,25)26)29-21(28-18)17(14-27-29)22(30)33-12-11-32-15-7-3-2-4-8-15/h2-10,13-14H,11-12H2,1H3. The Bertz CT molecular complexity index is 1270.